The highest BCUT2D eigenvalue weighted by Gasteiger charge is 2.27. The molecule has 0 radical (unpaired) electrons. The minimum Gasteiger partial charge on any atom is -0.477 e. The van der Waals surface area contributed by atoms with E-state index in [0.717, 1.165) is 28.6 Å². The molecule has 0 amide bonds. The van der Waals surface area contributed by atoms with Gasteiger partial charge in [-0.2, -0.15) is 4.79 Å². The molecule has 5 nitrogen and oxygen atoms in total. The van der Waals surface area contributed by atoms with Crippen LogP contribution in [-0.2, 0) is 11.2 Å². The molecule has 3 rings (SSSR count). The van der Waals surface area contributed by atoms with E-state index in [0.29, 0.717) is 6.54 Å². The number of carboxylic acid groups (broad SMARTS) is 1. The third-order valence-corrected chi connectivity index (χ3v) is 3.11. The van der Waals surface area contributed by atoms with Crippen LogP contribution in [0, 0.1) is 0 Å². The molecule has 2 heterocycles. The fraction of sp³-hybridized carbons (Fsp3) is 0.167. The molecule has 0 fully saturated rings. The normalized spacial score (nSPS) is 13.8. The number of rotatable bonds is 1. The largest absolute Gasteiger partial charge is 0.477 e. The summed E-state index contributed by atoms with van der Waals surface area (Å²) < 4.78 is 1.52. The first-order chi connectivity index (χ1) is 8.20. The number of hydrogen-bond donors (Lipinski definition) is 2. The molecule has 84 valence electrons. The van der Waals surface area contributed by atoms with E-state index in [2.05, 4.69) is 4.98 Å². The van der Waals surface area contributed by atoms with Gasteiger partial charge in [0.15, 0.2) is 6.54 Å². The third kappa shape index (κ3) is 1.30. The second kappa shape index (κ2) is 3.30. The molecule has 0 saturated carbocycles. The number of carbonyl (C=O) groups excluding carboxylic acids is 1. The summed E-state index contributed by atoms with van der Waals surface area (Å²) in [5, 5.41) is 9.80. The Morgan fingerprint density at radius 1 is 1.47 bits per heavy atom. The van der Waals surface area contributed by atoms with Crippen LogP contribution >= 0.6 is 0 Å². The molecule has 2 N–H and O–H groups in total. The van der Waals surface area contributed by atoms with E-state index >= 15 is 0 Å². The van der Waals surface area contributed by atoms with Crippen molar-refractivity contribution in [1.82, 2.24) is 4.98 Å². The fourth-order valence-corrected chi connectivity index (χ4v) is 2.32. The lowest BCUT2D eigenvalue weighted by Crippen LogP contribution is -1.98. The molecule has 1 aromatic carbocycles. The van der Waals surface area contributed by atoms with Crippen LogP contribution in [0.1, 0.15) is 16.1 Å². The van der Waals surface area contributed by atoms with Crippen LogP contribution in [0.2, 0.25) is 0 Å². The topological polar surface area (TPSA) is 73.2 Å². The number of benzene rings is 1. The van der Waals surface area contributed by atoms with Gasteiger partial charge in [0.2, 0.25) is 5.69 Å². The third-order valence-electron chi connectivity index (χ3n) is 3.11. The molecule has 2 aromatic rings. The predicted molar refractivity (Wildman–Crippen MR) is 59.4 cm³/mol. The summed E-state index contributed by atoms with van der Waals surface area (Å²) in [4.78, 5) is 24.4. The van der Waals surface area contributed by atoms with Crippen molar-refractivity contribution in [3.63, 3.8) is 0 Å². The number of isocyanates is 1. The summed E-state index contributed by atoms with van der Waals surface area (Å²) >= 11 is 0. The van der Waals surface area contributed by atoms with Crippen molar-refractivity contribution in [2.24, 2.45) is 0 Å². The number of nitrogens with zero attached hydrogens (tertiary/aromatic N) is 1. The van der Waals surface area contributed by atoms with Crippen molar-refractivity contribution in [3.8, 4) is 0 Å². The van der Waals surface area contributed by atoms with Gasteiger partial charge in [0.25, 0.3) is 0 Å². The van der Waals surface area contributed by atoms with Crippen LogP contribution in [0.5, 0.6) is 0 Å². The number of aromatic carboxylic acids is 1. The SMILES string of the molecule is O=C=[N+]1CCc2c1ccc1[nH]c(C(=O)O)cc21. The molecule has 17 heavy (non-hydrogen) atoms. The number of nitrogens with one attached hydrogen (secondary N) is 1. The van der Waals surface area contributed by atoms with E-state index in [1.807, 2.05) is 12.1 Å². The highest BCUT2D eigenvalue weighted by atomic mass is 16.4. The molecule has 0 unspecified atom stereocenters. The summed E-state index contributed by atoms with van der Waals surface area (Å²) in [6, 6.07) is 5.22. The molecule has 1 aromatic heterocycles. The second-order valence-electron chi connectivity index (χ2n) is 4.01. The van der Waals surface area contributed by atoms with Crippen LogP contribution in [0.25, 0.3) is 10.9 Å². The Bertz CT molecular complexity index is 693. The number of hydrogen-bond acceptors (Lipinski definition) is 2. The average molecular weight is 229 g/mol. The summed E-state index contributed by atoms with van der Waals surface area (Å²) in [5.74, 6) is -0.980. The van der Waals surface area contributed by atoms with Crippen molar-refractivity contribution < 1.29 is 19.3 Å². The second-order valence-corrected chi connectivity index (χ2v) is 4.01. The van der Waals surface area contributed by atoms with Gasteiger partial charge >= 0.3 is 12.0 Å². The number of carbonyl (C=O) groups is 1. The minimum atomic E-state index is -0.980. The van der Waals surface area contributed by atoms with Crippen molar-refractivity contribution >= 4 is 28.6 Å². The van der Waals surface area contributed by atoms with Crippen LogP contribution in [0.15, 0.2) is 18.2 Å². The molecular formula is C12H9N2O3+. The van der Waals surface area contributed by atoms with Gasteiger partial charge in [-0.05, 0) is 12.1 Å². The maximum atomic E-state index is 10.9. The number of fused-ring (bicyclic) bond motifs is 3. The Morgan fingerprint density at radius 3 is 3.00 bits per heavy atom. The van der Waals surface area contributed by atoms with Gasteiger partial charge in [0.1, 0.15) is 5.69 Å². The lowest BCUT2D eigenvalue weighted by Gasteiger charge is -1.93. The first kappa shape index (κ1) is 9.81. The Hall–Kier alpha value is -2.39. The molecule has 0 aliphatic carbocycles. The standard InChI is InChI=1S/C12H8N2O3/c15-6-14-4-3-7-8-5-10(12(16)17)13-9(8)1-2-11(7)14/h1-2,5,13H,3-4H2/p+1. The van der Waals surface area contributed by atoms with Crippen molar-refractivity contribution in [2.45, 2.75) is 6.42 Å². The first-order valence-corrected chi connectivity index (χ1v) is 5.24. The quantitative estimate of drug-likeness (QED) is 0.573. The highest BCUT2D eigenvalue weighted by molar-refractivity contribution is 5.96. The first-order valence-electron chi connectivity index (χ1n) is 5.24. The summed E-state index contributed by atoms with van der Waals surface area (Å²) in [7, 11) is 0. The Balaban J connectivity index is 2.33. The Kier molecular flexibility index (Phi) is 1.90. The van der Waals surface area contributed by atoms with Gasteiger partial charge in [-0.15, -0.1) is 4.58 Å². The molecular weight excluding hydrogens is 220 g/mol. The van der Waals surface area contributed by atoms with Gasteiger partial charge < -0.3 is 10.1 Å². The molecule has 1 aliphatic heterocycles. The Labute approximate surface area is 96.0 Å². The van der Waals surface area contributed by atoms with E-state index in [-0.39, 0.29) is 5.69 Å². The highest BCUT2D eigenvalue weighted by Crippen LogP contribution is 2.32. The smallest absolute Gasteiger partial charge is 0.430 e. The number of aromatic nitrogens is 1. The molecule has 0 saturated heterocycles. The average Bonchev–Trinajstić information content (AvgIpc) is 2.91. The molecule has 1 aliphatic rings. The number of carboxylic acids is 1. The van der Waals surface area contributed by atoms with Gasteiger partial charge in [-0.25, -0.2) is 4.79 Å². The van der Waals surface area contributed by atoms with Crippen molar-refractivity contribution in [2.75, 3.05) is 6.54 Å². The van der Waals surface area contributed by atoms with E-state index in [1.165, 1.54) is 4.58 Å². The number of aromatic amines is 1. The monoisotopic (exact) mass is 229 g/mol. The summed E-state index contributed by atoms with van der Waals surface area (Å²) in [6.07, 6.45) is 2.61. The van der Waals surface area contributed by atoms with E-state index in [1.54, 1.807) is 12.1 Å². The lowest BCUT2D eigenvalue weighted by atomic mass is 10.1. The van der Waals surface area contributed by atoms with Gasteiger partial charge in [-0.1, -0.05) is 0 Å². The van der Waals surface area contributed by atoms with Crippen LogP contribution in [-0.4, -0.2) is 33.3 Å². The zero-order chi connectivity index (χ0) is 12.0. The van der Waals surface area contributed by atoms with Crippen LogP contribution < -0.4 is 0 Å². The van der Waals surface area contributed by atoms with Crippen LogP contribution in [0.4, 0.5) is 5.69 Å². The van der Waals surface area contributed by atoms with Gasteiger partial charge in [-0.3, -0.25) is 0 Å². The predicted octanol–water partition coefficient (Wildman–Crippen LogP) is 1.40. The molecule has 0 bridgehead atoms. The van der Waals surface area contributed by atoms with Crippen molar-refractivity contribution in [1.29, 1.82) is 0 Å². The zero-order valence-electron chi connectivity index (χ0n) is 8.86. The van der Waals surface area contributed by atoms with E-state index in [9.17, 15) is 9.59 Å². The fourth-order valence-electron chi connectivity index (χ4n) is 2.32. The maximum absolute atomic E-state index is 10.9. The van der Waals surface area contributed by atoms with Gasteiger partial charge in [0.05, 0.1) is 0 Å². The molecule has 0 spiro atoms. The van der Waals surface area contributed by atoms with Gasteiger partial charge in [0, 0.05) is 29.0 Å². The van der Waals surface area contributed by atoms with Crippen molar-refractivity contribution in [3.05, 3.63) is 29.5 Å². The van der Waals surface area contributed by atoms with E-state index < -0.39 is 5.97 Å². The zero-order valence-corrected chi connectivity index (χ0v) is 8.86. The number of H-pyrrole nitrogens is 1. The van der Waals surface area contributed by atoms with E-state index in [4.69, 9.17) is 5.11 Å². The lowest BCUT2D eigenvalue weighted by molar-refractivity contribution is -0.426. The molecule has 0 atom stereocenters. The Morgan fingerprint density at radius 2 is 2.29 bits per heavy atom. The maximum Gasteiger partial charge on any atom is 0.430 e. The summed E-state index contributed by atoms with van der Waals surface area (Å²) in [6.45, 7) is 0.603. The summed E-state index contributed by atoms with van der Waals surface area (Å²) in [5.41, 5.74) is 2.79. The molecule has 5 heteroatoms. The minimum absolute atomic E-state index is 0.168. The van der Waals surface area contributed by atoms with Crippen LogP contribution in [0.3, 0.4) is 0 Å².